The molecule has 2 rings (SSSR count). The SMILES string of the molecule is CCC(C)(C)c1ccc(OCC2CSC(=O)O2)cc1. The number of carbonyl (C=O) groups excluding carboxylic acids is 1. The van der Waals surface area contributed by atoms with E-state index >= 15 is 0 Å². The summed E-state index contributed by atoms with van der Waals surface area (Å²) >= 11 is 1.21. The molecule has 1 heterocycles. The summed E-state index contributed by atoms with van der Waals surface area (Å²) in [6.07, 6.45) is 0.979. The van der Waals surface area contributed by atoms with Gasteiger partial charge in [-0.05, 0) is 41.3 Å². The molecule has 19 heavy (non-hydrogen) atoms. The summed E-state index contributed by atoms with van der Waals surface area (Å²) in [5, 5.41) is -0.200. The van der Waals surface area contributed by atoms with Crippen LogP contribution in [0.2, 0.25) is 0 Å². The van der Waals surface area contributed by atoms with Crippen molar-refractivity contribution in [3.8, 4) is 5.75 Å². The number of thioether (sulfide) groups is 1. The smallest absolute Gasteiger partial charge is 0.367 e. The average molecular weight is 280 g/mol. The third-order valence-electron chi connectivity index (χ3n) is 3.61. The summed E-state index contributed by atoms with van der Waals surface area (Å²) < 4.78 is 10.7. The van der Waals surface area contributed by atoms with Gasteiger partial charge in [0.2, 0.25) is 0 Å². The fourth-order valence-electron chi connectivity index (χ4n) is 1.84. The molecule has 0 amide bonds. The van der Waals surface area contributed by atoms with E-state index in [-0.39, 0.29) is 16.8 Å². The Kier molecular flexibility index (Phi) is 4.40. The predicted octanol–water partition coefficient (Wildman–Crippen LogP) is 4.01. The van der Waals surface area contributed by atoms with Gasteiger partial charge in [-0.25, -0.2) is 4.79 Å². The lowest BCUT2D eigenvalue weighted by Crippen LogP contribution is -2.20. The Labute approximate surface area is 118 Å². The predicted molar refractivity (Wildman–Crippen MR) is 78.0 cm³/mol. The van der Waals surface area contributed by atoms with E-state index in [1.54, 1.807) is 0 Å². The van der Waals surface area contributed by atoms with Crippen LogP contribution in [0.5, 0.6) is 5.75 Å². The van der Waals surface area contributed by atoms with Gasteiger partial charge in [0.1, 0.15) is 18.5 Å². The molecule has 1 aromatic rings. The zero-order chi connectivity index (χ0) is 13.9. The van der Waals surface area contributed by atoms with E-state index in [0.717, 1.165) is 12.2 Å². The fourth-order valence-corrected chi connectivity index (χ4v) is 2.53. The van der Waals surface area contributed by atoms with Crippen molar-refractivity contribution >= 4 is 17.1 Å². The molecule has 0 N–H and O–H groups in total. The second-order valence-corrected chi connectivity index (χ2v) is 6.33. The Morgan fingerprint density at radius 3 is 2.58 bits per heavy atom. The van der Waals surface area contributed by atoms with Crippen molar-refractivity contribution in [2.45, 2.75) is 38.7 Å². The van der Waals surface area contributed by atoms with Gasteiger partial charge < -0.3 is 9.47 Å². The van der Waals surface area contributed by atoms with Crippen LogP contribution in [0.4, 0.5) is 4.79 Å². The summed E-state index contributed by atoms with van der Waals surface area (Å²) in [5.74, 6) is 1.50. The van der Waals surface area contributed by atoms with Gasteiger partial charge in [0, 0.05) is 5.75 Å². The van der Waals surface area contributed by atoms with E-state index < -0.39 is 0 Å². The number of carbonyl (C=O) groups is 1. The standard InChI is InChI=1S/C15H20O3S/c1-4-15(2,3)11-5-7-12(8-6-11)17-9-13-10-19-14(16)18-13/h5-8,13H,4,9-10H2,1-3H3. The highest BCUT2D eigenvalue weighted by Gasteiger charge is 2.24. The van der Waals surface area contributed by atoms with Crippen molar-refractivity contribution in [3.05, 3.63) is 29.8 Å². The second-order valence-electron chi connectivity index (χ2n) is 5.37. The molecule has 0 aliphatic carbocycles. The first-order valence-corrected chi connectivity index (χ1v) is 7.56. The van der Waals surface area contributed by atoms with Crippen LogP contribution in [-0.2, 0) is 10.2 Å². The molecule has 0 saturated carbocycles. The summed E-state index contributed by atoms with van der Waals surface area (Å²) in [4.78, 5) is 10.9. The van der Waals surface area contributed by atoms with Gasteiger partial charge >= 0.3 is 5.30 Å². The quantitative estimate of drug-likeness (QED) is 0.764. The van der Waals surface area contributed by atoms with Gasteiger partial charge in [-0.3, -0.25) is 0 Å². The molecule has 1 aromatic carbocycles. The van der Waals surface area contributed by atoms with Crippen LogP contribution in [0, 0.1) is 0 Å². The minimum absolute atomic E-state index is 0.121. The molecule has 0 aromatic heterocycles. The molecule has 1 saturated heterocycles. The number of hydrogen-bond donors (Lipinski definition) is 0. The van der Waals surface area contributed by atoms with Crippen LogP contribution in [-0.4, -0.2) is 23.8 Å². The van der Waals surface area contributed by atoms with Crippen molar-refractivity contribution in [2.24, 2.45) is 0 Å². The van der Waals surface area contributed by atoms with Crippen molar-refractivity contribution in [2.75, 3.05) is 12.4 Å². The third kappa shape index (κ3) is 3.66. The molecule has 0 bridgehead atoms. The minimum Gasteiger partial charge on any atom is -0.490 e. The Morgan fingerprint density at radius 1 is 1.37 bits per heavy atom. The van der Waals surface area contributed by atoms with Crippen molar-refractivity contribution in [1.29, 1.82) is 0 Å². The van der Waals surface area contributed by atoms with Crippen LogP contribution >= 0.6 is 11.8 Å². The molecule has 104 valence electrons. The summed E-state index contributed by atoms with van der Waals surface area (Å²) in [6, 6.07) is 8.18. The molecule has 0 spiro atoms. The van der Waals surface area contributed by atoms with Crippen LogP contribution in [0.1, 0.15) is 32.8 Å². The van der Waals surface area contributed by atoms with Gasteiger partial charge in [0.25, 0.3) is 0 Å². The van der Waals surface area contributed by atoms with Crippen LogP contribution in [0.25, 0.3) is 0 Å². The van der Waals surface area contributed by atoms with Crippen molar-refractivity contribution in [1.82, 2.24) is 0 Å². The minimum atomic E-state index is -0.200. The van der Waals surface area contributed by atoms with Crippen LogP contribution in [0.3, 0.4) is 0 Å². The lowest BCUT2D eigenvalue weighted by molar-refractivity contribution is 0.106. The van der Waals surface area contributed by atoms with Crippen molar-refractivity contribution < 1.29 is 14.3 Å². The Hall–Kier alpha value is -1.16. The number of benzene rings is 1. The first kappa shape index (κ1) is 14.3. The van der Waals surface area contributed by atoms with E-state index in [2.05, 4.69) is 32.9 Å². The Morgan fingerprint density at radius 2 is 2.05 bits per heavy atom. The number of ether oxygens (including phenoxy) is 2. The largest absolute Gasteiger partial charge is 0.490 e. The van der Waals surface area contributed by atoms with Gasteiger partial charge in [-0.1, -0.05) is 32.9 Å². The molecule has 1 fully saturated rings. The number of hydrogen-bond acceptors (Lipinski definition) is 4. The molecule has 4 heteroatoms. The summed E-state index contributed by atoms with van der Waals surface area (Å²) in [5.41, 5.74) is 1.50. The molecule has 1 aliphatic heterocycles. The fraction of sp³-hybridized carbons (Fsp3) is 0.533. The van der Waals surface area contributed by atoms with E-state index in [1.807, 2.05) is 12.1 Å². The highest BCUT2D eigenvalue weighted by atomic mass is 32.2. The number of cyclic esters (lactones) is 1. The Bertz CT molecular complexity index is 439. The van der Waals surface area contributed by atoms with E-state index in [9.17, 15) is 4.79 Å². The summed E-state index contributed by atoms with van der Waals surface area (Å²) in [6.45, 7) is 7.09. The lowest BCUT2D eigenvalue weighted by Gasteiger charge is -2.23. The third-order valence-corrected chi connectivity index (χ3v) is 4.48. The molecule has 1 aliphatic rings. The van der Waals surface area contributed by atoms with Gasteiger partial charge in [-0.2, -0.15) is 0 Å². The van der Waals surface area contributed by atoms with Crippen LogP contribution in [0.15, 0.2) is 24.3 Å². The maximum Gasteiger partial charge on any atom is 0.367 e. The first-order chi connectivity index (χ1) is 9.01. The maximum atomic E-state index is 10.9. The molecular formula is C15H20O3S. The van der Waals surface area contributed by atoms with E-state index in [0.29, 0.717) is 12.4 Å². The average Bonchev–Trinajstić information content (AvgIpc) is 2.83. The highest BCUT2D eigenvalue weighted by molar-refractivity contribution is 8.13. The molecule has 3 nitrogen and oxygen atoms in total. The second kappa shape index (κ2) is 5.87. The summed E-state index contributed by atoms with van der Waals surface area (Å²) in [7, 11) is 0. The Balaban J connectivity index is 1.90. The van der Waals surface area contributed by atoms with E-state index in [1.165, 1.54) is 17.3 Å². The first-order valence-electron chi connectivity index (χ1n) is 6.58. The molecule has 1 atom stereocenters. The zero-order valence-corrected chi connectivity index (χ0v) is 12.5. The molecular weight excluding hydrogens is 260 g/mol. The lowest BCUT2D eigenvalue weighted by atomic mass is 9.82. The monoisotopic (exact) mass is 280 g/mol. The van der Waals surface area contributed by atoms with Crippen molar-refractivity contribution in [3.63, 3.8) is 0 Å². The van der Waals surface area contributed by atoms with Gasteiger partial charge in [-0.15, -0.1) is 0 Å². The topological polar surface area (TPSA) is 35.5 Å². The molecule has 1 unspecified atom stereocenters. The zero-order valence-electron chi connectivity index (χ0n) is 11.6. The maximum absolute atomic E-state index is 10.9. The van der Waals surface area contributed by atoms with E-state index in [4.69, 9.17) is 9.47 Å². The molecule has 0 radical (unpaired) electrons. The van der Waals surface area contributed by atoms with Gasteiger partial charge in [0.05, 0.1) is 0 Å². The van der Waals surface area contributed by atoms with Gasteiger partial charge in [0.15, 0.2) is 0 Å². The normalized spacial score (nSPS) is 19.3. The number of rotatable bonds is 5. The van der Waals surface area contributed by atoms with Crippen LogP contribution < -0.4 is 4.74 Å². The highest BCUT2D eigenvalue weighted by Crippen LogP contribution is 2.28.